The lowest BCUT2D eigenvalue weighted by atomic mass is 9.85. The van der Waals surface area contributed by atoms with Crippen LogP contribution >= 0.6 is 0 Å². The molecule has 0 aliphatic carbocycles. The van der Waals surface area contributed by atoms with Crippen molar-refractivity contribution in [1.82, 2.24) is 25.8 Å². The minimum Gasteiger partial charge on any atom is -0.493 e. The first-order valence-electron chi connectivity index (χ1n) is 14.4. The molecule has 1 aromatic heterocycles. The minimum absolute atomic E-state index is 0.0900. The van der Waals surface area contributed by atoms with Crippen molar-refractivity contribution in [3.05, 3.63) is 89.2 Å². The molecule has 0 bridgehead atoms. The van der Waals surface area contributed by atoms with Gasteiger partial charge in [0.1, 0.15) is 11.2 Å². The Morgan fingerprint density at radius 3 is 2.20 bits per heavy atom. The first-order chi connectivity index (χ1) is 21.5. The van der Waals surface area contributed by atoms with E-state index in [9.17, 15) is 27.6 Å². The van der Waals surface area contributed by atoms with Crippen LogP contribution < -0.4 is 25.4 Å². The third kappa shape index (κ3) is 8.94. The summed E-state index contributed by atoms with van der Waals surface area (Å²) in [6.45, 7) is 1.90. The van der Waals surface area contributed by atoms with E-state index in [0.29, 0.717) is 31.1 Å². The molecular formula is C32H36F3N5O5. The number of piperidine rings is 1. The summed E-state index contributed by atoms with van der Waals surface area (Å²) in [5.74, 6) is -0.353. The van der Waals surface area contributed by atoms with E-state index in [1.807, 2.05) is 30.3 Å². The van der Waals surface area contributed by atoms with Gasteiger partial charge in [0.25, 0.3) is 5.91 Å². The molecule has 240 valence electrons. The van der Waals surface area contributed by atoms with Crippen molar-refractivity contribution < 1.29 is 37.0 Å². The number of methoxy groups -OCH3 is 2. The summed E-state index contributed by atoms with van der Waals surface area (Å²) >= 11 is 0. The molecule has 13 heteroatoms. The number of ether oxygens (including phenoxy) is 2. The van der Waals surface area contributed by atoms with Gasteiger partial charge in [0.2, 0.25) is 11.8 Å². The van der Waals surface area contributed by atoms with Crippen molar-refractivity contribution in [3.8, 4) is 11.5 Å². The monoisotopic (exact) mass is 627 g/mol. The SMILES string of the molecule is COc1ccc(CC(=O)NCCNC(=O)C2(NC(=O)c3ccc(C(F)(F)F)nc3)CCN(Cc3ccccc3)CC2)cc1OC. The second-order valence-corrected chi connectivity index (χ2v) is 10.7. The van der Waals surface area contributed by atoms with Crippen LogP contribution in [0.1, 0.15) is 40.0 Å². The maximum atomic E-state index is 13.6. The van der Waals surface area contributed by atoms with Crippen LogP contribution in [0.3, 0.4) is 0 Å². The zero-order valence-electron chi connectivity index (χ0n) is 25.1. The number of nitrogens with one attached hydrogen (secondary N) is 3. The number of alkyl halides is 3. The Kier molecular flexibility index (Phi) is 11.0. The molecule has 0 atom stereocenters. The fourth-order valence-electron chi connectivity index (χ4n) is 5.11. The number of carbonyl (C=O) groups excluding carboxylic acids is 3. The number of nitrogens with zero attached hydrogens (tertiary/aromatic N) is 2. The molecule has 4 rings (SSSR count). The molecule has 45 heavy (non-hydrogen) atoms. The summed E-state index contributed by atoms with van der Waals surface area (Å²) in [4.78, 5) is 44.7. The third-order valence-electron chi connectivity index (χ3n) is 7.61. The maximum absolute atomic E-state index is 13.6. The van der Waals surface area contributed by atoms with Crippen LogP contribution in [0.2, 0.25) is 0 Å². The summed E-state index contributed by atoms with van der Waals surface area (Å²) in [7, 11) is 3.03. The van der Waals surface area contributed by atoms with E-state index in [2.05, 4.69) is 25.8 Å². The summed E-state index contributed by atoms with van der Waals surface area (Å²) in [6.07, 6.45) is -3.15. The number of hydrogen-bond donors (Lipinski definition) is 3. The van der Waals surface area contributed by atoms with Crippen LogP contribution in [-0.4, -0.2) is 73.5 Å². The lowest BCUT2D eigenvalue weighted by molar-refractivity contribution is -0.141. The second kappa shape index (κ2) is 14.9. The van der Waals surface area contributed by atoms with E-state index in [1.165, 1.54) is 14.2 Å². The molecule has 0 saturated carbocycles. The van der Waals surface area contributed by atoms with E-state index in [-0.39, 0.29) is 43.8 Å². The molecule has 0 spiro atoms. The van der Waals surface area contributed by atoms with Gasteiger partial charge >= 0.3 is 6.18 Å². The van der Waals surface area contributed by atoms with Crippen molar-refractivity contribution in [3.63, 3.8) is 0 Å². The van der Waals surface area contributed by atoms with Crippen molar-refractivity contribution in [2.24, 2.45) is 0 Å². The number of pyridine rings is 1. The molecule has 3 aromatic rings. The molecule has 1 aliphatic rings. The predicted octanol–water partition coefficient (Wildman–Crippen LogP) is 3.36. The number of hydrogen-bond acceptors (Lipinski definition) is 7. The second-order valence-electron chi connectivity index (χ2n) is 10.7. The van der Waals surface area contributed by atoms with Crippen LogP contribution in [0, 0.1) is 0 Å². The van der Waals surface area contributed by atoms with Gasteiger partial charge in [-0.2, -0.15) is 13.2 Å². The molecule has 1 saturated heterocycles. The number of amides is 3. The number of rotatable bonds is 12. The molecule has 3 amide bonds. The summed E-state index contributed by atoms with van der Waals surface area (Å²) in [5, 5.41) is 8.36. The molecular weight excluding hydrogens is 591 g/mol. The average molecular weight is 628 g/mol. The van der Waals surface area contributed by atoms with Crippen molar-refractivity contribution >= 4 is 17.7 Å². The van der Waals surface area contributed by atoms with E-state index in [1.54, 1.807) is 18.2 Å². The lowest BCUT2D eigenvalue weighted by Gasteiger charge is -2.41. The average Bonchev–Trinajstić information content (AvgIpc) is 3.04. The van der Waals surface area contributed by atoms with Crippen LogP contribution in [-0.2, 0) is 28.7 Å². The molecule has 10 nitrogen and oxygen atoms in total. The van der Waals surface area contributed by atoms with Crippen LogP contribution in [0.15, 0.2) is 66.9 Å². The highest BCUT2D eigenvalue weighted by Crippen LogP contribution is 2.29. The Bertz CT molecular complexity index is 1460. The Balaban J connectivity index is 1.37. The number of aromatic nitrogens is 1. The lowest BCUT2D eigenvalue weighted by Crippen LogP contribution is -2.63. The number of carbonyl (C=O) groups is 3. The molecule has 1 aliphatic heterocycles. The van der Waals surface area contributed by atoms with Gasteiger partial charge in [-0.3, -0.25) is 24.3 Å². The first kappa shape index (κ1) is 33.2. The Morgan fingerprint density at radius 1 is 0.889 bits per heavy atom. The fourth-order valence-corrected chi connectivity index (χ4v) is 5.11. The van der Waals surface area contributed by atoms with Crippen LogP contribution in [0.5, 0.6) is 11.5 Å². The zero-order valence-corrected chi connectivity index (χ0v) is 25.1. The van der Waals surface area contributed by atoms with Crippen molar-refractivity contribution in [1.29, 1.82) is 0 Å². The quantitative estimate of drug-likeness (QED) is 0.264. The number of benzene rings is 2. The largest absolute Gasteiger partial charge is 0.493 e. The summed E-state index contributed by atoms with van der Waals surface area (Å²) < 4.78 is 49.4. The van der Waals surface area contributed by atoms with Gasteiger partial charge in [-0.15, -0.1) is 0 Å². The molecule has 0 radical (unpaired) electrons. The van der Waals surface area contributed by atoms with E-state index >= 15 is 0 Å². The molecule has 1 fully saturated rings. The highest BCUT2D eigenvalue weighted by atomic mass is 19.4. The van der Waals surface area contributed by atoms with Gasteiger partial charge in [0.15, 0.2) is 11.5 Å². The Morgan fingerprint density at radius 2 is 1.58 bits per heavy atom. The smallest absolute Gasteiger partial charge is 0.433 e. The highest BCUT2D eigenvalue weighted by Gasteiger charge is 2.43. The minimum atomic E-state index is -4.64. The van der Waals surface area contributed by atoms with E-state index in [4.69, 9.17) is 9.47 Å². The highest BCUT2D eigenvalue weighted by molar-refractivity contribution is 5.99. The first-order valence-corrected chi connectivity index (χ1v) is 14.4. The third-order valence-corrected chi connectivity index (χ3v) is 7.61. The van der Waals surface area contributed by atoms with Gasteiger partial charge in [0.05, 0.1) is 26.2 Å². The Hall–Kier alpha value is -4.65. The number of likely N-dealkylation sites (tertiary alicyclic amines) is 1. The number of halogens is 3. The van der Waals surface area contributed by atoms with E-state index < -0.39 is 29.2 Å². The van der Waals surface area contributed by atoms with Gasteiger partial charge in [-0.1, -0.05) is 36.4 Å². The Labute approximate surface area is 259 Å². The van der Waals surface area contributed by atoms with Gasteiger partial charge < -0.3 is 25.4 Å². The zero-order chi connectivity index (χ0) is 32.5. The molecule has 3 N–H and O–H groups in total. The topological polar surface area (TPSA) is 122 Å². The van der Waals surface area contributed by atoms with E-state index in [0.717, 1.165) is 29.5 Å². The molecule has 0 unspecified atom stereocenters. The van der Waals surface area contributed by atoms with Gasteiger partial charge in [0, 0.05) is 38.9 Å². The van der Waals surface area contributed by atoms with Crippen LogP contribution in [0.4, 0.5) is 13.2 Å². The summed E-state index contributed by atoms with van der Waals surface area (Å²) in [6, 6.07) is 16.8. The maximum Gasteiger partial charge on any atom is 0.433 e. The molecule has 2 aromatic carbocycles. The fraction of sp³-hybridized carbons (Fsp3) is 0.375. The van der Waals surface area contributed by atoms with Crippen molar-refractivity contribution in [2.45, 2.75) is 37.5 Å². The predicted molar refractivity (Wildman–Crippen MR) is 160 cm³/mol. The summed E-state index contributed by atoms with van der Waals surface area (Å²) in [5.41, 5.74) is -0.691. The van der Waals surface area contributed by atoms with Crippen LogP contribution in [0.25, 0.3) is 0 Å². The standard InChI is InChI=1S/C32H36F3N5O5/c1-44-25-10-8-23(18-26(25)45-2)19-28(41)36-14-15-37-30(43)31(12-16-40(17-13-31)21-22-6-4-3-5-7-22)39-29(42)24-9-11-27(38-20-24)32(33,34)35/h3-11,18,20H,12-17,19,21H2,1-2H3,(H,36,41)(H,37,43)(H,39,42). The molecule has 2 heterocycles. The normalized spacial score (nSPS) is 14.7. The van der Waals surface area contributed by atoms with Gasteiger partial charge in [-0.05, 0) is 48.2 Å². The van der Waals surface area contributed by atoms with Gasteiger partial charge in [-0.25, -0.2) is 0 Å². The van der Waals surface area contributed by atoms with Crippen molar-refractivity contribution in [2.75, 3.05) is 40.4 Å².